The Morgan fingerprint density at radius 1 is 0.491 bits per heavy atom. The molecule has 0 saturated heterocycles. The average Bonchev–Trinajstić information content (AvgIpc) is 0.765. The zero-order valence-electron chi connectivity index (χ0n) is 58.6. The van der Waals surface area contributed by atoms with Crippen molar-refractivity contribution in [3.8, 4) is 0 Å². The highest BCUT2D eigenvalue weighted by atomic mass is 79.9. The van der Waals surface area contributed by atoms with Crippen LogP contribution in [0.2, 0.25) is 0 Å². The van der Waals surface area contributed by atoms with Crippen LogP contribution < -0.4 is 0 Å². The molecule has 27 nitrogen and oxygen atoms in total. The molecule has 5 aromatic carbocycles. The van der Waals surface area contributed by atoms with Crippen LogP contribution in [-0.2, 0) is 68.3 Å². The van der Waals surface area contributed by atoms with E-state index in [9.17, 15) is 114 Å². The molecule has 1 saturated carbocycles. The van der Waals surface area contributed by atoms with Gasteiger partial charge in [-0.25, -0.2) is 47.9 Å². The third-order valence-corrected chi connectivity index (χ3v) is 22.1. The number of ether oxygens (including phenoxy) is 9. The molecule has 5 aromatic rings. The first-order chi connectivity index (χ1) is 52.2. The molecule has 0 heterocycles. The highest BCUT2D eigenvalue weighted by Crippen LogP contribution is 2.50. The van der Waals surface area contributed by atoms with Gasteiger partial charge in [0, 0.05) is 15.9 Å². The van der Waals surface area contributed by atoms with Crippen molar-refractivity contribution in [2.45, 2.75) is 117 Å². The van der Waals surface area contributed by atoms with Gasteiger partial charge in [0.1, 0.15) is 21.7 Å². The zero-order chi connectivity index (χ0) is 87.2. The normalized spacial score (nSPS) is 14.3. The molecule has 3 atom stereocenters. The summed E-state index contributed by atoms with van der Waals surface area (Å²) in [4.78, 5) is 133. The smallest absolute Gasteiger partial charge is 0.410 e. The largest absolute Gasteiger partial charge is 0.477 e. The lowest BCUT2D eigenvalue weighted by Gasteiger charge is -2.32. The predicted molar refractivity (Wildman–Crippen MR) is 386 cm³/mol. The number of hydrogen-bond donors (Lipinski definition) is 5. The van der Waals surface area contributed by atoms with E-state index < -0.39 is 179 Å². The molecule has 1 fully saturated rings. The van der Waals surface area contributed by atoms with Crippen molar-refractivity contribution in [3.63, 3.8) is 0 Å². The molecule has 114 heavy (non-hydrogen) atoms. The second-order valence-corrected chi connectivity index (χ2v) is 34.9. The standard InChI is InChI=1S/C22H19F6O9P.C16H18Br3ClO7S.C15H16BrClO5.C14H10F6O6/c1-35-17(29)14-6-8-16(9-7-14)19(31)37-12-21(25,26)22(27,28)20(23,24)11-36-18(30)15-4-2-13(3-5-15)10-38(32,33)34;1-3-10(2)27-14(22)12-6-4-11(5-7-12)13(21)26-8-16(19,20)15(17,18)9-28(23,24)25;16-15(17,20)22-14(19)11-8-6-10(7-9-11)13(18)21-12-4-2-1-3-5-12;1-25-9(21)7-2-4-8(5-3-7)10(22)26-6-12(15,16)14(19,20)13(17,18)11(23)24/h2-9H,10-12H2,1H3,(H2,32,33,34);4-7,10H,3,8-9H2,1-2H3,(H,23,24,25);6-9,12,20H,1-5H2;2-5H,6H2,1H3,(H,23,24). The Kier molecular flexibility index (Phi) is 37.1. The molecular weight excluding hydrogens is 1920 g/mol. The van der Waals surface area contributed by atoms with Gasteiger partial charge in [0.2, 0.25) is 0 Å². The second kappa shape index (κ2) is 42.0. The van der Waals surface area contributed by atoms with Crippen LogP contribution in [0.4, 0.5) is 52.7 Å². The van der Waals surface area contributed by atoms with E-state index in [0.29, 0.717) is 12.0 Å². The first kappa shape index (κ1) is 101. The lowest BCUT2D eigenvalue weighted by molar-refractivity contribution is -0.322. The number of carbonyl (C=O) groups is 10. The molecule has 0 spiro atoms. The fourth-order valence-electron chi connectivity index (χ4n) is 8.40. The van der Waals surface area contributed by atoms with Crippen molar-refractivity contribution in [1.82, 2.24) is 0 Å². The van der Waals surface area contributed by atoms with Gasteiger partial charge < -0.3 is 62.6 Å². The van der Waals surface area contributed by atoms with Crippen LogP contribution >= 0.6 is 94.5 Å². The fourth-order valence-corrected chi connectivity index (χ4v) is 12.6. The lowest BCUT2D eigenvalue weighted by Crippen LogP contribution is -2.59. The molecule has 630 valence electrons. The van der Waals surface area contributed by atoms with Gasteiger partial charge >= 0.3 is 107 Å². The summed E-state index contributed by atoms with van der Waals surface area (Å²) in [6, 6.07) is 23.1. The SMILES string of the molecule is CCC(C)OC(=O)c1ccc(C(=O)OCC(Cl)(Br)C(Br)(Br)CS(=O)(=O)O)cc1.COC(=O)c1ccc(C(=O)OCC(F)(F)C(F)(F)C(F)(F)C(=O)O)cc1.COC(=O)c1ccc(C(=O)OCC(F)(F)C(F)(F)C(F)(F)COC(=O)c2ccc(CP(=O)(O)O)cc2)cc1.O=C(OC1CCCCC1)c1ccc(C(=O)OC(O)(Cl)Br)cc1. The van der Waals surface area contributed by atoms with Gasteiger partial charge in [-0.05, 0) is 165 Å². The number of methoxy groups -OCH3 is 2. The van der Waals surface area contributed by atoms with Gasteiger partial charge in [0.05, 0.1) is 76.6 Å². The van der Waals surface area contributed by atoms with Crippen molar-refractivity contribution in [2.75, 3.05) is 46.4 Å². The minimum absolute atomic E-state index is 0.0226. The monoisotopic (exact) mass is 1980 g/mol. The van der Waals surface area contributed by atoms with E-state index >= 15 is 0 Å². The molecule has 0 aromatic heterocycles. The third-order valence-electron chi connectivity index (χ3n) is 14.8. The number of rotatable bonds is 31. The number of aliphatic hydroxyl groups is 1. The summed E-state index contributed by atoms with van der Waals surface area (Å²) in [7, 11) is -6.69. The molecule has 0 radical (unpaired) electrons. The van der Waals surface area contributed by atoms with Gasteiger partial charge in [-0.15, -0.1) is 11.6 Å². The number of halogens is 18. The van der Waals surface area contributed by atoms with Crippen molar-refractivity contribution in [2.24, 2.45) is 0 Å². The summed E-state index contributed by atoms with van der Waals surface area (Å²) < 4.78 is 241. The van der Waals surface area contributed by atoms with Crippen molar-refractivity contribution < 1.29 is 181 Å². The molecule has 0 bridgehead atoms. The van der Waals surface area contributed by atoms with Crippen LogP contribution in [0.25, 0.3) is 0 Å². The molecule has 6 rings (SSSR count). The van der Waals surface area contributed by atoms with E-state index in [0.717, 1.165) is 113 Å². The minimum atomic E-state index is -6.32. The Morgan fingerprint density at radius 3 is 1.10 bits per heavy atom. The maximum absolute atomic E-state index is 14.1. The van der Waals surface area contributed by atoms with Crippen LogP contribution in [0, 0.1) is 0 Å². The Labute approximate surface area is 681 Å². The maximum atomic E-state index is 14.1. The van der Waals surface area contributed by atoms with E-state index in [4.69, 9.17) is 62.0 Å². The van der Waals surface area contributed by atoms with E-state index in [1.54, 1.807) is 6.92 Å². The van der Waals surface area contributed by atoms with Gasteiger partial charge in [-0.3, -0.25) is 9.12 Å². The first-order valence-corrected chi connectivity index (χ1v) is 38.9. The lowest BCUT2D eigenvalue weighted by atomic mass is 9.98. The number of aliphatic carboxylic acids is 1. The summed E-state index contributed by atoms with van der Waals surface area (Å²) in [5.41, 5.74) is -0.436. The highest BCUT2D eigenvalue weighted by Gasteiger charge is 2.76. The van der Waals surface area contributed by atoms with Crippen LogP contribution in [0.15, 0.2) is 121 Å². The molecule has 5 N–H and O–H groups in total. The fraction of sp³-hybridized carbons (Fsp3) is 0.403. The molecule has 3 unspecified atom stereocenters. The van der Waals surface area contributed by atoms with Crippen LogP contribution in [0.1, 0.15) is 151 Å². The van der Waals surface area contributed by atoms with Crippen molar-refractivity contribution >= 4 is 164 Å². The summed E-state index contributed by atoms with van der Waals surface area (Å²) in [5, 5.41) is 17.1. The molecule has 1 aliphatic carbocycles. The quantitative estimate of drug-likeness (QED) is 0.00523. The number of carboxylic acid groups (broad SMARTS) is 1. The Hall–Kier alpha value is -7.52. The van der Waals surface area contributed by atoms with Gasteiger partial charge in [0.25, 0.3) is 10.1 Å². The second-order valence-electron chi connectivity index (χ2n) is 23.6. The molecule has 0 aliphatic heterocycles. The van der Waals surface area contributed by atoms with Gasteiger partial charge in [-0.2, -0.15) is 61.1 Å². The summed E-state index contributed by atoms with van der Waals surface area (Å²) in [5.74, 6) is -48.5. The molecular formula is C67H63Br4Cl2F12O27PS. The summed E-state index contributed by atoms with van der Waals surface area (Å²) in [6.45, 7) is -4.21. The molecule has 0 amide bonds. The third kappa shape index (κ3) is 30.5. The number of carboxylic acids is 1. The number of esters is 9. The summed E-state index contributed by atoms with van der Waals surface area (Å²) in [6.07, 6.45) is 4.88. The van der Waals surface area contributed by atoms with Crippen LogP contribution in [0.3, 0.4) is 0 Å². The number of alkyl halides is 18. The van der Waals surface area contributed by atoms with Crippen LogP contribution in [0.5, 0.6) is 0 Å². The average molecular weight is 1980 g/mol. The molecule has 1 aliphatic rings. The van der Waals surface area contributed by atoms with Gasteiger partial charge in [0.15, 0.2) is 23.6 Å². The maximum Gasteiger partial charge on any atom is 0.410 e. The highest BCUT2D eigenvalue weighted by molar-refractivity contribution is 9.26. The van der Waals surface area contributed by atoms with Crippen molar-refractivity contribution in [3.05, 3.63) is 177 Å². The minimum Gasteiger partial charge on any atom is -0.477 e. The first-order valence-electron chi connectivity index (χ1n) is 31.6. The number of hydrogen-bond acceptors (Lipinski definition) is 23. The van der Waals surface area contributed by atoms with E-state index in [2.05, 4.69) is 92.1 Å². The number of carbonyl (C=O) groups excluding carboxylic acids is 9. The van der Waals surface area contributed by atoms with E-state index in [1.165, 1.54) is 55.0 Å². The van der Waals surface area contributed by atoms with E-state index in [-0.39, 0.29) is 45.6 Å². The summed E-state index contributed by atoms with van der Waals surface area (Å²) >= 11 is 23.3. The Morgan fingerprint density at radius 2 is 0.789 bits per heavy atom. The van der Waals surface area contributed by atoms with E-state index in [1.807, 2.05) is 6.92 Å². The molecule has 47 heteroatoms. The van der Waals surface area contributed by atoms with Gasteiger partial charge in [-0.1, -0.05) is 73.3 Å². The Bertz CT molecular complexity index is 4350. The van der Waals surface area contributed by atoms with Crippen molar-refractivity contribution in [1.29, 1.82) is 0 Å². The topological polar surface area (TPSA) is 406 Å². The van der Waals surface area contributed by atoms with Crippen LogP contribution in [-0.4, -0.2) is 198 Å². The number of benzene rings is 5. The predicted octanol–water partition coefficient (Wildman–Crippen LogP) is 14.8. The zero-order valence-corrected chi connectivity index (χ0v) is 68.1. The Balaban J connectivity index is 0.000000401.